The molecule has 2 aliphatic rings. The standard InChI is InChI=1S/C24H25N5O3S/c1-14-9-16-11-19(32-18(16)10-15(14)2)23(30)28(3)17-5-8-29(13-17)24(31)20-12-27-22(33-20)21-25-6-4-7-26-21/h4,6-7,9-10,12,17,19H,5,8,11,13H2,1-3H3. The van der Waals surface area contributed by atoms with Crippen LogP contribution in [0, 0.1) is 13.8 Å². The molecule has 170 valence electrons. The number of fused-ring (bicyclic) bond motifs is 1. The van der Waals surface area contributed by atoms with Gasteiger partial charge < -0.3 is 14.5 Å². The second-order valence-electron chi connectivity index (χ2n) is 8.60. The van der Waals surface area contributed by atoms with Crippen LogP contribution >= 0.6 is 11.3 Å². The number of carbonyl (C=O) groups is 2. The van der Waals surface area contributed by atoms with Crippen LogP contribution in [0.25, 0.3) is 10.8 Å². The van der Waals surface area contributed by atoms with Gasteiger partial charge in [-0.25, -0.2) is 15.0 Å². The molecular weight excluding hydrogens is 438 g/mol. The lowest BCUT2D eigenvalue weighted by Crippen LogP contribution is -2.46. The molecule has 1 aromatic carbocycles. The average molecular weight is 464 g/mol. The maximum Gasteiger partial charge on any atom is 0.265 e. The van der Waals surface area contributed by atoms with E-state index in [2.05, 4.69) is 27.9 Å². The van der Waals surface area contributed by atoms with Crippen molar-refractivity contribution in [2.75, 3.05) is 20.1 Å². The van der Waals surface area contributed by atoms with Gasteiger partial charge in [0, 0.05) is 39.0 Å². The fourth-order valence-corrected chi connectivity index (χ4v) is 5.17. The molecule has 4 heterocycles. The smallest absolute Gasteiger partial charge is 0.265 e. The van der Waals surface area contributed by atoms with Gasteiger partial charge in [-0.1, -0.05) is 6.07 Å². The van der Waals surface area contributed by atoms with Gasteiger partial charge in [0.15, 0.2) is 16.9 Å². The van der Waals surface area contributed by atoms with E-state index in [1.165, 1.54) is 16.9 Å². The number of hydrogen-bond donors (Lipinski definition) is 0. The average Bonchev–Trinajstić information content (AvgIpc) is 3.58. The largest absolute Gasteiger partial charge is 0.480 e. The Labute approximate surface area is 196 Å². The monoisotopic (exact) mass is 463 g/mol. The van der Waals surface area contributed by atoms with E-state index >= 15 is 0 Å². The normalized spacial score (nSPS) is 19.3. The molecule has 2 atom stereocenters. The van der Waals surface area contributed by atoms with Crippen molar-refractivity contribution in [3.8, 4) is 16.6 Å². The Balaban J connectivity index is 1.21. The van der Waals surface area contributed by atoms with Gasteiger partial charge >= 0.3 is 0 Å². The van der Waals surface area contributed by atoms with Gasteiger partial charge in [0.25, 0.3) is 11.8 Å². The van der Waals surface area contributed by atoms with Crippen molar-refractivity contribution in [1.29, 1.82) is 0 Å². The summed E-state index contributed by atoms with van der Waals surface area (Å²) < 4.78 is 5.98. The summed E-state index contributed by atoms with van der Waals surface area (Å²) in [7, 11) is 1.81. The molecule has 2 unspecified atom stereocenters. The summed E-state index contributed by atoms with van der Waals surface area (Å²) >= 11 is 1.28. The molecule has 9 heteroatoms. The Kier molecular flexibility index (Phi) is 5.57. The number of carbonyl (C=O) groups excluding carboxylic acids is 2. The lowest BCUT2D eigenvalue weighted by Gasteiger charge is -2.27. The molecule has 0 aliphatic carbocycles. The molecule has 0 N–H and O–H groups in total. The van der Waals surface area contributed by atoms with E-state index < -0.39 is 6.10 Å². The van der Waals surface area contributed by atoms with Gasteiger partial charge in [-0.05, 0) is 49.1 Å². The van der Waals surface area contributed by atoms with E-state index in [-0.39, 0.29) is 17.9 Å². The maximum absolute atomic E-state index is 13.2. The zero-order chi connectivity index (χ0) is 23.1. The number of thiazole rings is 1. The third-order valence-corrected chi connectivity index (χ3v) is 7.43. The number of hydrogen-bond acceptors (Lipinski definition) is 7. The highest BCUT2D eigenvalue weighted by Gasteiger charge is 2.37. The summed E-state index contributed by atoms with van der Waals surface area (Å²) in [6.45, 7) is 5.21. The first-order chi connectivity index (χ1) is 15.9. The van der Waals surface area contributed by atoms with E-state index in [0.717, 1.165) is 23.3 Å². The Bertz CT molecular complexity index is 1180. The molecule has 1 fully saturated rings. The number of aromatic nitrogens is 3. The summed E-state index contributed by atoms with van der Waals surface area (Å²) in [4.78, 5) is 43.0. The van der Waals surface area contributed by atoms with Crippen molar-refractivity contribution in [2.45, 2.75) is 38.8 Å². The summed E-state index contributed by atoms with van der Waals surface area (Å²) in [5.74, 6) is 1.20. The third-order valence-electron chi connectivity index (χ3n) is 6.45. The minimum absolute atomic E-state index is 0.0397. The van der Waals surface area contributed by atoms with Crippen molar-refractivity contribution >= 4 is 23.2 Å². The highest BCUT2D eigenvalue weighted by molar-refractivity contribution is 7.16. The number of amides is 2. The van der Waals surface area contributed by atoms with Crippen LogP contribution < -0.4 is 4.74 Å². The quantitative estimate of drug-likeness (QED) is 0.591. The van der Waals surface area contributed by atoms with Gasteiger partial charge in [0.05, 0.1) is 12.2 Å². The van der Waals surface area contributed by atoms with Crippen LogP contribution in [0.1, 0.15) is 32.8 Å². The zero-order valence-corrected chi connectivity index (χ0v) is 19.6. The number of rotatable bonds is 4. The first-order valence-corrected chi connectivity index (χ1v) is 11.8. The maximum atomic E-state index is 13.2. The fraction of sp³-hybridized carbons (Fsp3) is 0.375. The van der Waals surface area contributed by atoms with Gasteiger partial charge in [-0.15, -0.1) is 11.3 Å². The molecule has 3 aromatic rings. The second kappa shape index (κ2) is 8.55. The Hall–Kier alpha value is -3.33. The van der Waals surface area contributed by atoms with E-state index in [9.17, 15) is 9.59 Å². The van der Waals surface area contributed by atoms with E-state index in [0.29, 0.717) is 35.2 Å². The molecule has 8 nitrogen and oxygen atoms in total. The molecule has 2 aliphatic heterocycles. The Morgan fingerprint density at radius 2 is 1.91 bits per heavy atom. The third kappa shape index (κ3) is 4.08. The fourth-order valence-electron chi connectivity index (χ4n) is 4.34. The molecule has 0 bridgehead atoms. The zero-order valence-electron chi connectivity index (χ0n) is 18.8. The SMILES string of the molecule is Cc1cc2c(cc1C)OC(C(=O)N(C)C1CCN(C(=O)c3cnc(-c4ncccn4)s3)C1)C2. The van der Waals surface area contributed by atoms with Crippen LogP contribution in [-0.2, 0) is 11.2 Å². The first-order valence-electron chi connectivity index (χ1n) is 11.0. The molecule has 2 amide bonds. The van der Waals surface area contributed by atoms with Gasteiger partial charge in [-0.3, -0.25) is 9.59 Å². The van der Waals surface area contributed by atoms with Crippen molar-refractivity contribution in [3.05, 3.63) is 58.4 Å². The van der Waals surface area contributed by atoms with E-state index in [1.807, 2.05) is 13.0 Å². The molecule has 0 radical (unpaired) electrons. The van der Waals surface area contributed by atoms with Crippen molar-refractivity contribution in [2.24, 2.45) is 0 Å². The summed E-state index contributed by atoms with van der Waals surface area (Å²) in [5.41, 5.74) is 3.44. The van der Waals surface area contributed by atoms with Gasteiger partial charge in [-0.2, -0.15) is 0 Å². The number of aryl methyl sites for hydroxylation is 2. The van der Waals surface area contributed by atoms with E-state index in [4.69, 9.17) is 4.74 Å². The highest BCUT2D eigenvalue weighted by atomic mass is 32.1. The van der Waals surface area contributed by atoms with Crippen LogP contribution in [-0.4, -0.2) is 68.8 Å². The predicted molar refractivity (Wildman–Crippen MR) is 124 cm³/mol. The lowest BCUT2D eigenvalue weighted by atomic mass is 10.0. The number of benzene rings is 1. The van der Waals surface area contributed by atoms with Crippen molar-refractivity contribution in [3.63, 3.8) is 0 Å². The minimum atomic E-state index is -0.508. The summed E-state index contributed by atoms with van der Waals surface area (Å²) in [5, 5.41) is 0.616. The Morgan fingerprint density at radius 3 is 2.70 bits per heavy atom. The topological polar surface area (TPSA) is 88.5 Å². The minimum Gasteiger partial charge on any atom is -0.480 e. The lowest BCUT2D eigenvalue weighted by molar-refractivity contribution is -0.138. The number of likely N-dealkylation sites (N-methyl/N-ethyl adjacent to an activating group) is 1. The predicted octanol–water partition coefficient (Wildman–Crippen LogP) is 2.89. The molecular formula is C24H25N5O3S. The number of nitrogens with zero attached hydrogens (tertiary/aromatic N) is 5. The molecule has 33 heavy (non-hydrogen) atoms. The van der Waals surface area contributed by atoms with E-state index in [1.54, 1.807) is 41.5 Å². The number of ether oxygens (including phenoxy) is 1. The van der Waals surface area contributed by atoms with Crippen LogP contribution in [0.5, 0.6) is 5.75 Å². The summed E-state index contributed by atoms with van der Waals surface area (Å²) in [6.07, 6.45) is 5.69. The van der Waals surface area contributed by atoms with Crippen molar-refractivity contribution in [1.82, 2.24) is 24.8 Å². The second-order valence-corrected chi connectivity index (χ2v) is 9.63. The van der Waals surface area contributed by atoms with Crippen molar-refractivity contribution < 1.29 is 14.3 Å². The van der Waals surface area contributed by atoms with Crippen LogP contribution in [0.4, 0.5) is 0 Å². The Morgan fingerprint density at radius 1 is 1.15 bits per heavy atom. The highest BCUT2D eigenvalue weighted by Crippen LogP contribution is 2.33. The molecule has 0 spiro atoms. The van der Waals surface area contributed by atoms with Gasteiger partial charge in [0.2, 0.25) is 0 Å². The van der Waals surface area contributed by atoms with Crippen LogP contribution in [0.15, 0.2) is 36.8 Å². The number of likely N-dealkylation sites (tertiary alicyclic amines) is 1. The van der Waals surface area contributed by atoms with Gasteiger partial charge in [0.1, 0.15) is 10.6 Å². The molecule has 0 saturated carbocycles. The van der Waals surface area contributed by atoms with Crippen LogP contribution in [0.3, 0.4) is 0 Å². The molecule has 1 saturated heterocycles. The molecule has 5 rings (SSSR count). The first kappa shape index (κ1) is 21.5. The summed E-state index contributed by atoms with van der Waals surface area (Å²) in [6, 6.07) is 5.82. The molecule has 2 aromatic heterocycles. The van der Waals surface area contributed by atoms with Crippen LogP contribution in [0.2, 0.25) is 0 Å².